The zero-order chi connectivity index (χ0) is 46.8. The zero-order valence-corrected chi connectivity index (χ0v) is 43.0. The summed E-state index contributed by atoms with van der Waals surface area (Å²) in [4.78, 5) is 24.4. The third kappa shape index (κ3) is 7.15. The van der Waals surface area contributed by atoms with Gasteiger partial charge in [0.1, 0.15) is 0 Å². The van der Waals surface area contributed by atoms with Gasteiger partial charge in [-0.05, 0) is 159 Å². The summed E-state index contributed by atoms with van der Waals surface area (Å²) < 4.78 is 22.3. The van der Waals surface area contributed by atoms with Gasteiger partial charge in [0.05, 0.1) is 41.4 Å². The maximum Gasteiger partial charge on any atom is 0.341 e. The summed E-state index contributed by atoms with van der Waals surface area (Å²) >= 11 is 7.29. The van der Waals surface area contributed by atoms with Crippen LogP contribution in [0.15, 0.2) is 41.4 Å². The Morgan fingerprint density at radius 2 is 1.36 bits per heavy atom. The van der Waals surface area contributed by atoms with Gasteiger partial charge in [-0.2, -0.15) is 0 Å². The van der Waals surface area contributed by atoms with Crippen molar-refractivity contribution in [3.05, 3.63) is 103 Å². The van der Waals surface area contributed by atoms with E-state index in [9.17, 15) is 4.79 Å². The third-order valence-electron chi connectivity index (χ3n) is 15.4. The van der Waals surface area contributed by atoms with Crippen molar-refractivity contribution in [1.29, 1.82) is 0 Å². The number of anilines is 2. The Morgan fingerprint density at radius 1 is 0.818 bits per heavy atom. The van der Waals surface area contributed by atoms with Crippen molar-refractivity contribution in [2.24, 2.45) is 4.99 Å². The number of hydrogen-bond donors (Lipinski definition) is 0. The van der Waals surface area contributed by atoms with Gasteiger partial charge in [-0.15, -0.1) is 0 Å². The van der Waals surface area contributed by atoms with Gasteiger partial charge in [-0.3, -0.25) is 4.99 Å². The summed E-state index contributed by atoms with van der Waals surface area (Å²) in [5.74, 6) is 6.56. The molecule has 7 aliphatic rings. The molecule has 0 radical (unpaired) electrons. The molecule has 3 aromatic carbocycles. The molecule has 6 heterocycles. The number of aliphatic imine (C=N–C) groups is 1. The standard InChI is InChI=1S/C56H68ClN4O4P/c1-33(2)61(34(3)4)66(64-25-21-38-32-58-38)63-24-15-13-14-18-37-26-43-47(46(57)27-37)52(62)65-56(43)44-28-41-35(5)30-53(7,8)59-22-16-19-39(50(41)59)48(44)55(11,12)49-40-20-17-23-60-51(40)42(29-45(49)56)36(6)31-54(60,9)10/h26-31,33-34H,13,15-17,19-25,32H2,1-12H3. The van der Waals surface area contributed by atoms with Crippen LogP contribution in [0.1, 0.15) is 181 Å². The van der Waals surface area contributed by atoms with E-state index in [2.05, 4.69) is 145 Å². The minimum Gasteiger partial charge on any atom is -0.441 e. The number of halogens is 1. The number of unbranched alkanes of at least 4 members (excludes halogenated alkanes) is 1. The summed E-state index contributed by atoms with van der Waals surface area (Å²) in [6.45, 7) is 31.6. The van der Waals surface area contributed by atoms with Crippen molar-refractivity contribution < 1.29 is 18.6 Å². The summed E-state index contributed by atoms with van der Waals surface area (Å²) in [7, 11) is -1.22. The van der Waals surface area contributed by atoms with Crippen LogP contribution < -0.4 is 9.80 Å². The minimum absolute atomic E-state index is 0.125. The fraction of sp³-hybridized carbons (Fsp3) is 0.536. The Balaban J connectivity index is 1.10. The normalized spacial score (nSPS) is 21.0. The van der Waals surface area contributed by atoms with Gasteiger partial charge in [0.15, 0.2) is 5.60 Å². The van der Waals surface area contributed by atoms with Crippen LogP contribution in [0.4, 0.5) is 11.4 Å². The first-order valence-corrected chi connectivity index (χ1v) is 26.1. The van der Waals surface area contributed by atoms with Gasteiger partial charge in [0, 0.05) is 93.9 Å². The lowest BCUT2D eigenvalue weighted by molar-refractivity contribution is 0.0230. The van der Waals surface area contributed by atoms with Crippen LogP contribution >= 0.6 is 20.1 Å². The topological polar surface area (TPSA) is 66.8 Å². The number of esters is 1. The molecule has 10 rings (SSSR count). The molecule has 0 aromatic heterocycles. The summed E-state index contributed by atoms with van der Waals surface area (Å²) in [5.41, 5.74) is 16.5. The van der Waals surface area contributed by atoms with Crippen molar-refractivity contribution in [1.82, 2.24) is 4.67 Å². The molecule has 0 saturated carbocycles. The highest BCUT2D eigenvalue weighted by atomic mass is 35.5. The van der Waals surface area contributed by atoms with Crippen LogP contribution in [-0.4, -0.2) is 72.4 Å². The number of carbonyl (C=O) groups excluding carboxylic acids is 1. The van der Waals surface area contributed by atoms with Gasteiger partial charge >= 0.3 is 5.97 Å². The maximum atomic E-state index is 14.8. The predicted molar refractivity (Wildman–Crippen MR) is 273 cm³/mol. The number of benzene rings is 3. The molecule has 0 N–H and O–H groups in total. The second-order valence-corrected chi connectivity index (χ2v) is 23.8. The Labute approximate surface area is 400 Å². The average molecular weight is 928 g/mol. The Hall–Kier alpha value is -3.96. The van der Waals surface area contributed by atoms with Crippen LogP contribution in [0.3, 0.4) is 0 Å². The van der Waals surface area contributed by atoms with Crippen molar-refractivity contribution >= 4 is 54.3 Å². The molecule has 348 valence electrons. The Bertz CT molecular complexity index is 2620. The SMILES string of the molecule is CC1=CC(C)(C)N2CCCc3c2c1cc1c3C(C)(C)c2c(cc3c4c2CCCN4C(C)(C)C=C3C)C12OC(=O)c1c(Cl)cc(C#CCCCOP(OCCC3=NC3)N(C(C)C)C(C)C)cc12. The molecule has 1 aliphatic carbocycles. The highest BCUT2D eigenvalue weighted by molar-refractivity contribution is 7.44. The molecule has 3 aromatic rings. The van der Waals surface area contributed by atoms with Crippen LogP contribution in [-0.2, 0) is 37.6 Å². The third-order valence-corrected chi connectivity index (χ3v) is 17.8. The van der Waals surface area contributed by atoms with E-state index in [-0.39, 0.29) is 17.0 Å². The summed E-state index contributed by atoms with van der Waals surface area (Å²) in [6, 6.07) is 9.35. The molecule has 0 amide bonds. The van der Waals surface area contributed by atoms with Crippen molar-refractivity contribution in [2.75, 3.05) is 42.6 Å². The number of hydrogen-bond acceptors (Lipinski definition) is 8. The first kappa shape index (κ1) is 45.8. The van der Waals surface area contributed by atoms with Crippen LogP contribution in [0.2, 0.25) is 5.02 Å². The maximum absolute atomic E-state index is 14.8. The number of nitrogens with zero attached hydrogens (tertiary/aromatic N) is 4. The van der Waals surface area contributed by atoms with E-state index in [0.29, 0.717) is 42.3 Å². The molecule has 6 aliphatic heterocycles. The second-order valence-electron chi connectivity index (χ2n) is 21.9. The molecule has 0 saturated heterocycles. The summed E-state index contributed by atoms with van der Waals surface area (Å²) in [5, 5.41) is 0.379. The number of rotatable bonds is 11. The molecular weight excluding hydrogens is 859 g/mol. The quantitative estimate of drug-likeness (QED) is 0.0821. The van der Waals surface area contributed by atoms with Gasteiger partial charge in [0.25, 0.3) is 8.53 Å². The van der Waals surface area contributed by atoms with Crippen molar-refractivity contribution in [3.8, 4) is 11.8 Å². The Morgan fingerprint density at radius 3 is 1.89 bits per heavy atom. The van der Waals surface area contributed by atoms with E-state index in [1.54, 1.807) is 0 Å². The average Bonchev–Trinajstić information content (AvgIpc) is 4.02. The van der Waals surface area contributed by atoms with Crippen molar-refractivity contribution in [3.63, 3.8) is 0 Å². The highest BCUT2D eigenvalue weighted by Gasteiger charge is 2.59. The van der Waals surface area contributed by atoms with E-state index in [1.165, 1.54) is 61.6 Å². The van der Waals surface area contributed by atoms with Crippen LogP contribution in [0.5, 0.6) is 0 Å². The Kier molecular flexibility index (Phi) is 11.3. The number of allylic oxidation sites excluding steroid dienone is 2. The van der Waals surface area contributed by atoms with E-state index in [4.69, 9.17) is 25.4 Å². The lowest BCUT2D eigenvalue weighted by atomic mass is 9.57. The molecule has 10 heteroatoms. The lowest BCUT2D eigenvalue weighted by Gasteiger charge is -2.54. The van der Waals surface area contributed by atoms with Crippen LogP contribution in [0.25, 0.3) is 11.1 Å². The second kappa shape index (κ2) is 16.3. The first-order valence-electron chi connectivity index (χ1n) is 24.6. The monoisotopic (exact) mass is 926 g/mol. The molecular formula is C56H68ClN4O4P. The van der Waals surface area contributed by atoms with Crippen molar-refractivity contribution in [2.45, 2.75) is 162 Å². The van der Waals surface area contributed by atoms with E-state index >= 15 is 0 Å². The van der Waals surface area contributed by atoms with Crippen LogP contribution in [0, 0.1) is 11.8 Å². The van der Waals surface area contributed by atoms with Gasteiger partial charge in [0.2, 0.25) is 0 Å². The first-order chi connectivity index (χ1) is 31.3. The predicted octanol–water partition coefficient (Wildman–Crippen LogP) is 12.7. The van der Waals surface area contributed by atoms with E-state index in [1.807, 2.05) is 6.07 Å². The highest BCUT2D eigenvalue weighted by Crippen LogP contribution is 2.64. The molecule has 1 atom stereocenters. The zero-order valence-electron chi connectivity index (χ0n) is 41.4. The molecule has 66 heavy (non-hydrogen) atoms. The van der Waals surface area contributed by atoms with Gasteiger partial charge < -0.3 is 23.6 Å². The van der Waals surface area contributed by atoms with E-state index < -0.39 is 19.5 Å². The molecule has 0 fully saturated rings. The number of ether oxygens (including phenoxy) is 1. The fourth-order valence-electron chi connectivity index (χ4n) is 12.9. The van der Waals surface area contributed by atoms with Gasteiger partial charge in [-0.25, -0.2) is 9.46 Å². The molecule has 0 bridgehead atoms. The largest absolute Gasteiger partial charge is 0.441 e. The molecule has 8 nitrogen and oxygen atoms in total. The smallest absolute Gasteiger partial charge is 0.341 e. The lowest BCUT2D eigenvalue weighted by Crippen LogP contribution is -2.51. The van der Waals surface area contributed by atoms with E-state index in [0.717, 1.165) is 80.4 Å². The summed E-state index contributed by atoms with van der Waals surface area (Å²) in [6.07, 6.45) is 11.2. The number of fused-ring (bicyclic) bond motifs is 8. The fourth-order valence-corrected chi connectivity index (χ4v) is 14.8. The molecule has 1 spiro atoms. The minimum atomic E-state index is -1.23. The molecule has 1 unspecified atom stereocenters. The number of carbonyl (C=O) groups is 1. The van der Waals surface area contributed by atoms with Gasteiger partial charge in [-0.1, -0.05) is 49.4 Å².